The fraction of sp³-hybridized carbons (Fsp3) is 0. The lowest BCUT2D eigenvalue weighted by atomic mass is 10.00. The van der Waals surface area contributed by atoms with Crippen LogP contribution < -0.4 is 0 Å². The molecule has 0 saturated heterocycles. The zero-order chi connectivity index (χ0) is 33.9. The number of benzene rings is 8. The van der Waals surface area contributed by atoms with Gasteiger partial charge < -0.3 is 13.6 Å². The van der Waals surface area contributed by atoms with E-state index in [1.165, 1.54) is 75.0 Å². The maximum absolute atomic E-state index is 6.50. The van der Waals surface area contributed by atoms with Gasteiger partial charge in [0.1, 0.15) is 11.2 Å². The summed E-state index contributed by atoms with van der Waals surface area (Å²) >= 11 is 1.86. The molecule has 12 aromatic rings. The molecule has 0 aliphatic rings. The average Bonchev–Trinajstić information content (AvgIpc) is 3.95. The molecule has 4 heterocycles. The van der Waals surface area contributed by atoms with Crippen molar-refractivity contribution in [1.29, 1.82) is 0 Å². The molecule has 8 aromatic carbocycles. The molecule has 0 atom stereocenters. The van der Waals surface area contributed by atoms with Crippen molar-refractivity contribution >= 4 is 97.1 Å². The minimum atomic E-state index is 0.922. The van der Waals surface area contributed by atoms with Crippen LogP contribution in [0, 0.1) is 0 Å². The van der Waals surface area contributed by atoms with Crippen molar-refractivity contribution in [3.8, 4) is 22.5 Å². The molecule has 0 bridgehead atoms. The molecule has 0 radical (unpaired) electrons. The molecule has 0 fully saturated rings. The van der Waals surface area contributed by atoms with Crippen LogP contribution in [0.2, 0.25) is 0 Å². The topological polar surface area (TPSA) is 23.0 Å². The summed E-state index contributed by atoms with van der Waals surface area (Å²) in [6, 6.07) is 61.6. The number of aromatic nitrogens is 2. The summed E-state index contributed by atoms with van der Waals surface area (Å²) in [6.07, 6.45) is 0. The zero-order valence-corrected chi connectivity index (χ0v) is 28.7. The van der Waals surface area contributed by atoms with Crippen LogP contribution in [0.25, 0.3) is 108 Å². The number of hydrogen-bond donors (Lipinski definition) is 0. The van der Waals surface area contributed by atoms with Crippen LogP contribution in [0.1, 0.15) is 0 Å². The lowest BCUT2D eigenvalue weighted by Crippen LogP contribution is -1.95. The molecule has 0 aliphatic heterocycles. The molecule has 0 aliphatic carbocycles. The van der Waals surface area contributed by atoms with E-state index in [9.17, 15) is 0 Å². The highest BCUT2D eigenvalue weighted by atomic mass is 32.1. The minimum absolute atomic E-state index is 0.922. The van der Waals surface area contributed by atoms with E-state index in [2.05, 4.69) is 173 Å². The Bertz CT molecular complexity index is 3410. The second-order valence-corrected chi connectivity index (χ2v) is 14.7. The van der Waals surface area contributed by atoms with Gasteiger partial charge in [-0.3, -0.25) is 0 Å². The molecular weight excluding hydrogens is 653 g/mol. The molecule has 0 spiro atoms. The quantitative estimate of drug-likeness (QED) is 0.182. The van der Waals surface area contributed by atoms with Gasteiger partial charge in [0, 0.05) is 75.0 Å². The van der Waals surface area contributed by atoms with Gasteiger partial charge in [0.05, 0.1) is 22.1 Å². The fourth-order valence-electron chi connectivity index (χ4n) is 8.73. The summed E-state index contributed by atoms with van der Waals surface area (Å²) in [5.74, 6) is 0. The van der Waals surface area contributed by atoms with Gasteiger partial charge in [-0.05, 0) is 54.6 Å². The van der Waals surface area contributed by atoms with Crippen molar-refractivity contribution in [2.75, 3.05) is 0 Å². The SMILES string of the molecule is c1ccc(-n2c3ccccc3c3ccc4c(c5ccccc5n4-c4ccc5sc6c(-c7cccc8c7oc7ccccc78)cccc6c5c4)c32)cc1. The normalized spacial score (nSPS) is 12.2. The van der Waals surface area contributed by atoms with Crippen LogP contribution in [0.3, 0.4) is 0 Å². The first-order valence-electron chi connectivity index (χ1n) is 17.7. The van der Waals surface area contributed by atoms with Crippen molar-refractivity contribution in [2.24, 2.45) is 0 Å². The molecule has 4 heteroatoms. The molecule has 0 unspecified atom stereocenters. The Morgan fingerprint density at radius 3 is 1.96 bits per heavy atom. The van der Waals surface area contributed by atoms with Gasteiger partial charge in [0.15, 0.2) is 0 Å². The van der Waals surface area contributed by atoms with Crippen molar-refractivity contribution in [2.45, 2.75) is 0 Å². The summed E-state index contributed by atoms with van der Waals surface area (Å²) < 4.78 is 14.0. The van der Waals surface area contributed by atoms with E-state index in [-0.39, 0.29) is 0 Å². The predicted molar refractivity (Wildman–Crippen MR) is 221 cm³/mol. The van der Waals surface area contributed by atoms with Crippen LogP contribution in [0.4, 0.5) is 0 Å². The number of nitrogens with zero attached hydrogens (tertiary/aromatic N) is 2. The summed E-state index contributed by atoms with van der Waals surface area (Å²) in [7, 11) is 0. The maximum atomic E-state index is 6.50. The summed E-state index contributed by atoms with van der Waals surface area (Å²) in [6.45, 7) is 0. The maximum Gasteiger partial charge on any atom is 0.143 e. The zero-order valence-electron chi connectivity index (χ0n) is 27.9. The first-order valence-corrected chi connectivity index (χ1v) is 18.5. The van der Waals surface area contributed by atoms with Crippen molar-refractivity contribution in [3.63, 3.8) is 0 Å². The van der Waals surface area contributed by atoms with Gasteiger partial charge in [-0.2, -0.15) is 0 Å². The number of hydrogen-bond acceptors (Lipinski definition) is 2. The Morgan fingerprint density at radius 1 is 0.404 bits per heavy atom. The van der Waals surface area contributed by atoms with Crippen molar-refractivity contribution < 1.29 is 4.42 Å². The summed E-state index contributed by atoms with van der Waals surface area (Å²) in [5.41, 5.74) is 11.4. The number of furan rings is 1. The third-order valence-electron chi connectivity index (χ3n) is 10.9. The van der Waals surface area contributed by atoms with Crippen LogP contribution in [-0.2, 0) is 0 Å². The third-order valence-corrected chi connectivity index (χ3v) is 12.1. The summed E-state index contributed by atoms with van der Waals surface area (Å²) in [5, 5.41) is 9.88. The second-order valence-electron chi connectivity index (χ2n) is 13.6. The number of thiophene rings is 1. The van der Waals surface area contributed by atoms with Crippen molar-refractivity contribution in [3.05, 3.63) is 170 Å². The molecule has 4 aromatic heterocycles. The molecule has 0 saturated carbocycles. The minimum Gasteiger partial charge on any atom is -0.455 e. The smallest absolute Gasteiger partial charge is 0.143 e. The molecule has 52 heavy (non-hydrogen) atoms. The Morgan fingerprint density at radius 2 is 1.10 bits per heavy atom. The Balaban J connectivity index is 1.13. The third kappa shape index (κ3) is 3.74. The molecule has 242 valence electrons. The highest BCUT2D eigenvalue weighted by Gasteiger charge is 2.22. The van der Waals surface area contributed by atoms with Gasteiger partial charge >= 0.3 is 0 Å². The molecule has 3 nitrogen and oxygen atoms in total. The van der Waals surface area contributed by atoms with Gasteiger partial charge in [-0.15, -0.1) is 11.3 Å². The monoisotopic (exact) mass is 680 g/mol. The van der Waals surface area contributed by atoms with Crippen LogP contribution in [0.5, 0.6) is 0 Å². The Labute approximate surface area is 301 Å². The average molecular weight is 681 g/mol. The number of fused-ring (bicyclic) bond motifs is 13. The van der Waals surface area contributed by atoms with E-state index in [4.69, 9.17) is 4.42 Å². The Hall–Kier alpha value is -6.62. The van der Waals surface area contributed by atoms with Crippen molar-refractivity contribution in [1.82, 2.24) is 9.13 Å². The van der Waals surface area contributed by atoms with E-state index in [0.29, 0.717) is 0 Å². The lowest BCUT2D eigenvalue weighted by Gasteiger charge is -2.10. The van der Waals surface area contributed by atoms with Gasteiger partial charge in [0.2, 0.25) is 0 Å². The number of rotatable bonds is 3. The fourth-order valence-corrected chi connectivity index (χ4v) is 9.94. The predicted octanol–water partition coefficient (Wildman–Crippen LogP) is 13.8. The van der Waals surface area contributed by atoms with E-state index in [0.717, 1.165) is 33.2 Å². The highest BCUT2D eigenvalue weighted by molar-refractivity contribution is 7.26. The van der Waals surface area contributed by atoms with Crippen LogP contribution >= 0.6 is 11.3 Å². The lowest BCUT2D eigenvalue weighted by molar-refractivity contribution is 0.670. The van der Waals surface area contributed by atoms with Gasteiger partial charge in [0.25, 0.3) is 0 Å². The van der Waals surface area contributed by atoms with E-state index in [1.807, 2.05) is 17.4 Å². The standard InChI is InChI=1S/C48H28N2OS/c1-2-12-29(13-3-1)50-40-21-7-4-14-31(40)33-25-26-42-45(46(33)50)38-16-5-8-22-41(38)49(42)30-24-27-44-39(28-30)37-20-11-19-36(48(37)52-44)35-18-10-17-34-32-15-6-9-23-43(32)51-47(34)35/h1-28H. The van der Waals surface area contributed by atoms with Crippen LogP contribution in [-0.4, -0.2) is 9.13 Å². The van der Waals surface area contributed by atoms with E-state index >= 15 is 0 Å². The molecule has 12 rings (SSSR count). The molecular formula is C48H28N2OS. The Kier molecular flexibility index (Phi) is 5.65. The number of para-hydroxylation sites is 5. The highest BCUT2D eigenvalue weighted by Crippen LogP contribution is 2.46. The van der Waals surface area contributed by atoms with Gasteiger partial charge in [-0.1, -0.05) is 115 Å². The molecule has 0 amide bonds. The van der Waals surface area contributed by atoms with Gasteiger partial charge in [-0.25, -0.2) is 0 Å². The first kappa shape index (κ1) is 28.1. The van der Waals surface area contributed by atoms with E-state index in [1.54, 1.807) is 0 Å². The van der Waals surface area contributed by atoms with Crippen LogP contribution in [0.15, 0.2) is 174 Å². The largest absolute Gasteiger partial charge is 0.455 e. The molecule has 0 N–H and O–H groups in total. The second kappa shape index (κ2) is 10.5. The summed E-state index contributed by atoms with van der Waals surface area (Å²) in [4.78, 5) is 0. The van der Waals surface area contributed by atoms with E-state index < -0.39 is 0 Å². The first-order chi connectivity index (χ1) is 25.8.